The van der Waals surface area contributed by atoms with E-state index in [-0.39, 0.29) is 5.96 Å². The van der Waals surface area contributed by atoms with E-state index < -0.39 is 17.4 Å². The number of carbonyl (C=O) groups excluding carboxylic acids is 1. The Kier molecular flexibility index (Phi) is 4.52. The quantitative estimate of drug-likeness (QED) is 0.766. The van der Waals surface area contributed by atoms with E-state index in [2.05, 4.69) is 4.99 Å². The number of guanidine groups is 2. The first kappa shape index (κ1) is 19.3. The molecule has 4 rings (SSSR count). The lowest BCUT2D eigenvalue weighted by Gasteiger charge is -2.45. The first-order chi connectivity index (χ1) is 13.7. The van der Waals surface area contributed by atoms with Gasteiger partial charge in [-0.3, -0.25) is 9.47 Å². The Morgan fingerprint density at radius 1 is 1.14 bits per heavy atom. The predicted octanol–water partition coefficient (Wildman–Crippen LogP) is 3.53. The molecule has 0 bridgehead atoms. The zero-order valence-electron chi connectivity index (χ0n) is 17.2. The molecule has 8 nitrogen and oxygen atoms in total. The highest BCUT2D eigenvalue weighted by Crippen LogP contribution is 2.41. The summed E-state index contributed by atoms with van der Waals surface area (Å²) >= 11 is 0. The van der Waals surface area contributed by atoms with E-state index in [9.17, 15) is 4.79 Å². The predicted molar refractivity (Wildman–Crippen MR) is 115 cm³/mol. The number of nitrogens with two attached hydrogens (primary N) is 2. The van der Waals surface area contributed by atoms with Gasteiger partial charge in [0, 0.05) is 11.6 Å². The number of hydrogen-bond donors (Lipinski definition) is 2. The summed E-state index contributed by atoms with van der Waals surface area (Å²) in [4.78, 5) is 23.6. The van der Waals surface area contributed by atoms with Gasteiger partial charge in [-0.2, -0.15) is 4.99 Å². The zero-order valence-corrected chi connectivity index (χ0v) is 17.2. The lowest BCUT2D eigenvalue weighted by atomic mass is 9.87. The SMILES string of the molecule is CC(C)(C)OC(=O)n1ccc2c(N3C(N)=NC(N)=NC34CCCCC4)cccc21. The monoisotopic (exact) mass is 396 g/mol. The molecule has 2 aromatic rings. The highest BCUT2D eigenvalue weighted by molar-refractivity contribution is 6.10. The van der Waals surface area contributed by atoms with Gasteiger partial charge < -0.3 is 16.2 Å². The smallest absolute Gasteiger partial charge is 0.418 e. The molecule has 8 heteroatoms. The van der Waals surface area contributed by atoms with Crippen LogP contribution in [0.2, 0.25) is 0 Å². The molecule has 1 aliphatic carbocycles. The van der Waals surface area contributed by atoms with Gasteiger partial charge in [-0.15, -0.1) is 0 Å². The number of aromatic nitrogens is 1. The molecule has 0 radical (unpaired) electrons. The molecule has 1 fully saturated rings. The Labute approximate surface area is 170 Å². The van der Waals surface area contributed by atoms with Crippen LogP contribution in [-0.2, 0) is 4.74 Å². The summed E-state index contributed by atoms with van der Waals surface area (Å²) in [6.45, 7) is 5.55. The van der Waals surface area contributed by atoms with Crippen molar-refractivity contribution in [1.29, 1.82) is 0 Å². The number of hydrogen-bond acceptors (Lipinski definition) is 7. The number of anilines is 1. The third-order valence-electron chi connectivity index (χ3n) is 5.39. The molecule has 154 valence electrons. The summed E-state index contributed by atoms with van der Waals surface area (Å²) in [6, 6.07) is 7.69. The van der Waals surface area contributed by atoms with Gasteiger partial charge in [-0.05, 0) is 64.7 Å². The van der Waals surface area contributed by atoms with Gasteiger partial charge in [0.05, 0.1) is 11.2 Å². The summed E-state index contributed by atoms with van der Waals surface area (Å²) in [5.74, 6) is 0.552. The molecular weight excluding hydrogens is 368 g/mol. The molecule has 2 heterocycles. The van der Waals surface area contributed by atoms with E-state index in [0.29, 0.717) is 5.96 Å². The van der Waals surface area contributed by atoms with Crippen LogP contribution in [0.25, 0.3) is 10.9 Å². The molecule has 0 atom stereocenters. The fraction of sp³-hybridized carbons (Fsp3) is 0.476. The van der Waals surface area contributed by atoms with Crippen molar-refractivity contribution >= 4 is 34.6 Å². The van der Waals surface area contributed by atoms with E-state index in [0.717, 1.165) is 42.3 Å². The summed E-state index contributed by atoms with van der Waals surface area (Å²) < 4.78 is 7.06. The third kappa shape index (κ3) is 3.43. The van der Waals surface area contributed by atoms with Crippen LogP contribution in [0.4, 0.5) is 10.5 Å². The molecule has 1 aromatic carbocycles. The van der Waals surface area contributed by atoms with E-state index in [1.165, 1.54) is 11.0 Å². The zero-order chi connectivity index (χ0) is 20.8. The fourth-order valence-electron chi connectivity index (χ4n) is 4.29. The Balaban J connectivity index is 1.82. The second-order valence-electron chi connectivity index (χ2n) is 8.69. The van der Waals surface area contributed by atoms with Crippen LogP contribution in [0.1, 0.15) is 52.9 Å². The van der Waals surface area contributed by atoms with Crippen molar-refractivity contribution in [3.8, 4) is 0 Å². The summed E-state index contributed by atoms with van der Waals surface area (Å²) in [7, 11) is 0. The van der Waals surface area contributed by atoms with Gasteiger partial charge in [0.2, 0.25) is 11.9 Å². The normalized spacial score (nSPS) is 19.2. The lowest BCUT2D eigenvalue weighted by molar-refractivity contribution is 0.0544. The molecule has 0 amide bonds. The molecular formula is C21H28N6O2. The largest absolute Gasteiger partial charge is 0.443 e. The average molecular weight is 396 g/mol. The minimum atomic E-state index is -0.576. The average Bonchev–Trinajstić information content (AvgIpc) is 3.05. The van der Waals surface area contributed by atoms with Crippen LogP contribution >= 0.6 is 0 Å². The first-order valence-electron chi connectivity index (χ1n) is 10.0. The Bertz CT molecular complexity index is 1010. The second kappa shape index (κ2) is 6.79. The van der Waals surface area contributed by atoms with Crippen molar-refractivity contribution in [2.24, 2.45) is 21.5 Å². The van der Waals surface area contributed by atoms with Crippen LogP contribution < -0.4 is 16.4 Å². The lowest BCUT2D eigenvalue weighted by Crippen LogP contribution is -2.58. The summed E-state index contributed by atoms with van der Waals surface area (Å²) in [5, 5.41) is 0.886. The van der Waals surface area contributed by atoms with Gasteiger partial charge in [0.15, 0.2) is 0 Å². The number of fused-ring (bicyclic) bond motifs is 1. The van der Waals surface area contributed by atoms with Crippen LogP contribution in [0, 0.1) is 0 Å². The molecule has 0 unspecified atom stereocenters. The Morgan fingerprint density at radius 3 is 2.55 bits per heavy atom. The van der Waals surface area contributed by atoms with Gasteiger partial charge in [-0.25, -0.2) is 9.79 Å². The molecule has 29 heavy (non-hydrogen) atoms. The van der Waals surface area contributed by atoms with E-state index in [1.54, 1.807) is 6.20 Å². The van der Waals surface area contributed by atoms with Crippen LogP contribution in [0.15, 0.2) is 40.4 Å². The molecule has 0 saturated heterocycles. The van der Waals surface area contributed by atoms with Crippen molar-refractivity contribution in [1.82, 2.24) is 4.57 Å². The molecule has 4 N–H and O–H groups in total. The van der Waals surface area contributed by atoms with Gasteiger partial charge in [0.25, 0.3) is 0 Å². The number of ether oxygens (including phenoxy) is 1. The Morgan fingerprint density at radius 2 is 1.86 bits per heavy atom. The van der Waals surface area contributed by atoms with E-state index in [1.807, 2.05) is 49.9 Å². The molecule has 1 saturated carbocycles. The number of rotatable bonds is 1. The van der Waals surface area contributed by atoms with Crippen LogP contribution in [0.5, 0.6) is 0 Å². The topological polar surface area (TPSA) is 111 Å². The molecule has 2 aliphatic rings. The summed E-state index contributed by atoms with van der Waals surface area (Å²) in [5.41, 5.74) is 12.8. The number of carbonyl (C=O) groups is 1. The third-order valence-corrected chi connectivity index (χ3v) is 5.39. The highest BCUT2D eigenvalue weighted by atomic mass is 16.6. The van der Waals surface area contributed by atoms with E-state index in [4.69, 9.17) is 21.2 Å². The van der Waals surface area contributed by atoms with Gasteiger partial charge in [-0.1, -0.05) is 12.5 Å². The van der Waals surface area contributed by atoms with Crippen molar-refractivity contribution in [3.63, 3.8) is 0 Å². The second-order valence-corrected chi connectivity index (χ2v) is 8.69. The maximum absolute atomic E-state index is 12.7. The maximum atomic E-state index is 12.7. The van der Waals surface area contributed by atoms with Gasteiger partial charge in [0.1, 0.15) is 11.3 Å². The number of aliphatic imine (C=N–C) groups is 2. The van der Waals surface area contributed by atoms with Crippen molar-refractivity contribution in [2.75, 3.05) is 4.90 Å². The molecule has 1 aliphatic heterocycles. The number of nitrogens with zero attached hydrogens (tertiary/aromatic N) is 4. The number of benzene rings is 1. The molecule has 1 aromatic heterocycles. The first-order valence-corrected chi connectivity index (χ1v) is 10.0. The standard InChI is InChI=1S/C21H28N6O2/c1-20(2,3)29-19(28)26-13-10-14-15(26)8-7-9-16(14)27-18(23)24-17(22)25-21(27)11-5-4-6-12-21/h7-10,13H,4-6,11-12H2,1-3H3,(H4,22,23,24,25). The molecule has 1 spiro atoms. The fourth-order valence-corrected chi connectivity index (χ4v) is 4.29. The minimum Gasteiger partial charge on any atom is -0.443 e. The van der Waals surface area contributed by atoms with Gasteiger partial charge >= 0.3 is 6.09 Å². The van der Waals surface area contributed by atoms with Crippen LogP contribution in [0.3, 0.4) is 0 Å². The Hall–Kier alpha value is -3.03. The van der Waals surface area contributed by atoms with E-state index >= 15 is 0 Å². The van der Waals surface area contributed by atoms with Crippen molar-refractivity contribution in [2.45, 2.75) is 64.1 Å². The van der Waals surface area contributed by atoms with Crippen molar-refractivity contribution < 1.29 is 9.53 Å². The van der Waals surface area contributed by atoms with Crippen LogP contribution in [-0.4, -0.2) is 33.8 Å². The van der Waals surface area contributed by atoms with Crippen molar-refractivity contribution in [3.05, 3.63) is 30.5 Å². The highest BCUT2D eigenvalue weighted by Gasteiger charge is 2.43. The summed E-state index contributed by atoms with van der Waals surface area (Å²) in [6.07, 6.45) is 6.29. The minimum absolute atomic E-state index is 0.221. The maximum Gasteiger partial charge on any atom is 0.418 e.